The molecule has 1 saturated heterocycles. The van der Waals surface area contributed by atoms with Crippen LogP contribution in [0.2, 0.25) is 0 Å². The van der Waals surface area contributed by atoms with Crippen molar-refractivity contribution in [3.63, 3.8) is 0 Å². The third-order valence-corrected chi connectivity index (χ3v) is 8.21. The third-order valence-electron chi connectivity index (χ3n) is 5.74. The van der Waals surface area contributed by atoms with Crippen LogP contribution in [-0.2, 0) is 23.4 Å². The molecule has 2 unspecified atom stereocenters. The SMILES string of the molecule is CNc1nc(N)nc2c1ncn2[C@@H]1O[C@H](COP(=O)(NC(C)C(=O)OC(C)C)Oc2ccccc2)[C@@H](O)C1(Cl)Cl. The highest BCUT2D eigenvalue weighted by atomic mass is 35.5. The Morgan fingerprint density at radius 3 is 2.62 bits per heavy atom. The molecule has 0 saturated carbocycles. The van der Waals surface area contributed by atoms with Crippen LogP contribution < -0.4 is 20.7 Å². The number of hydrogen-bond acceptors (Lipinski definition) is 12. The van der Waals surface area contributed by atoms with E-state index in [0.29, 0.717) is 11.3 Å². The first-order valence-electron chi connectivity index (χ1n) is 12.2. The lowest BCUT2D eigenvalue weighted by Crippen LogP contribution is -2.39. The number of nitrogens with one attached hydrogen (secondary N) is 2. The number of nitrogen functional groups attached to an aromatic ring is 1. The van der Waals surface area contributed by atoms with Crippen LogP contribution >= 0.6 is 30.9 Å². The summed E-state index contributed by atoms with van der Waals surface area (Å²) in [6.07, 6.45) is -2.93. The number of esters is 1. The Morgan fingerprint density at radius 1 is 1.27 bits per heavy atom. The predicted molar refractivity (Wildman–Crippen MR) is 148 cm³/mol. The maximum atomic E-state index is 13.8. The van der Waals surface area contributed by atoms with E-state index in [-0.39, 0.29) is 17.3 Å². The maximum Gasteiger partial charge on any atom is 0.459 e. The monoisotopic (exact) mass is 617 g/mol. The first-order chi connectivity index (χ1) is 18.8. The van der Waals surface area contributed by atoms with Crippen LogP contribution in [0.15, 0.2) is 36.7 Å². The Morgan fingerprint density at radius 2 is 1.98 bits per heavy atom. The molecule has 5 atom stereocenters. The molecule has 1 aliphatic heterocycles. The van der Waals surface area contributed by atoms with Gasteiger partial charge in [0.15, 0.2) is 27.5 Å². The standard InChI is InChI=1S/C23H30Cl2N7O7P/c1-12(2)37-20(34)13(3)31-40(35,39-14-8-6-5-7-9-14)36-10-15-17(33)23(24,25)21(38-15)32-11-28-16-18(27-4)29-22(26)30-19(16)32/h5-9,11-13,15,17,21,33H,10H2,1-4H3,(H,31,35)(H3,26,27,29,30)/t13?,15-,17-,21-,40?/m1/s1. The molecule has 1 aromatic carbocycles. The highest BCUT2D eigenvalue weighted by molar-refractivity contribution is 7.52. The summed E-state index contributed by atoms with van der Waals surface area (Å²) < 4.78 is 35.7. The summed E-state index contributed by atoms with van der Waals surface area (Å²) in [6.45, 7) is 4.33. The number of halogens is 2. The van der Waals surface area contributed by atoms with Crippen LogP contribution in [0.4, 0.5) is 11.8 Å². The summed E-state index contributed by atoms with van der Waals surface area (Å²) in [5, 5.41) is 16.4. The fraction of sp³-hybridized carbons (Fsp3) is 0.478. The number of fused-ring (bicyclic) bond motifs is 1. The van der Waals surface area contributed by atoms with E-state index in [1.807, 2.05) is 0 Å². The summed E-state index contributed by atoms with van der Waals surface area (Å²) >= 11 is 13.1. The molecule has 3 aromatic rings. The van der Waals surface area contributed by atoms with Crippen molar-refractivity contribution in [2.24, 2.45) is 0 Å². The molecule has 14 nitrogen and oxygen atoms in total. The molecular weight excluding hydrogens is 588 g/mol. The lowest BCUT2D eigenvalue weighted by molar-refractivity contribution is -0.149. The van der Waals surface area contributed by atoms with Gasteiger partial charge in [0.1, 0.15) is 24.0 Å². The number of carbonyl (C=O) groups is 1. The number of carbonyl (C=O) groups excluding carboxylic acids is 1. The quantitative estimate of drug-likeness (QED) is 0.140. The second-order valence-electron chi connectivity index (χ2n) is 9.18. The Balaban J connectivity index is 1.56. The molecule has 1 aliphatic rings. The average Bonchev–Trinajstić information content (AvgIpc) is 3.40. The van der Waals surface area contributed by atoms with Gasteiger partial charge >= 0.3 is 13.7 Å². The summed E-state index contributed by atoms with van der Waals surface area (Å²) in [5.74, 6) is -0.131. The van der Waals surface area contributed by atoms with Crippen LogP contribution in [0, 0.1) is 0 Å². The van der Waals surface area contributed by atoms with Crippen molar-refractivity contribution in [2.45, 2.75) is 55.7 Å². The van der Waals surface area contributed by atoms with Crippen molar-refractivity contribution < 1.29 is 33.0 Å². The van der Waals surface area contributed by atoms with Crippen molar-refractivity contribution >= 4 is 59.8 Å². The topological polar surface area (TPSA) is 185 Å². The van der Waals surface area contributed by atoms with Gasteiger partial charge < -0.3 is 30.2 Å². The normalized spacial score (nSPS) is 22.6. The highest BCUT2D eigenvalue weighted by Crippen LogP contribution is 2.50. The Hall–Kier alpha value is -2.71. The van der Waals surface area contributed by atoms with E-state index in [1.54, 1.807) is 51.2 Å². The average molecular weight is 618 g/mol. The largest absolute Gasteiger partial charge is 0.462 e. The van der Waals surface area contributed by atoms with E-state index in [0.717, 1.165) is 0 Å². The van der Waals surface area contributed by atoms with Crippen molar-refractivity contribution in [1.82, 2.24) is 24.6 Å². The smallest absolute Gasteiger partial charge is 0.459 e. The number of aliphatic hydroxyl groups is 1. The van der Waals surface area contributed by atoms with Gasteiger partial charge in [0.25, 0.3) is 0 Å². The number of nitrogens with zero attached hydrogens (tertiary/aromatic N) is 4. The van der Waals surface area contributed by atoms with Gasteiger partial charge in [0.05, 0.1) is 19.0 Å². The summed E-state index contributed by atoms with van der Waals surface area (Å²) in [4.78, 5) is 25.0. The van der Waals surface area contributed by atoms with Gasteiger partial charge in [0.2, 0.25) is 5.95 Å². The van der Waals surface area contributed by atoms with Gasteiger partial charge in [-0.15, -0.1) is 0 Å². The Bertz CT molecular complexity index is 1390. The van der Waals surface area contributed by atoms with E-state index in [4.69, 9.17) is 47.5 Å². The Labute approximate surface area is 240 Å². The van der Waals surface area contributed by atoms with Gasteiger partial charge in [-0.25, -0.2) is 9.55 Å². The van der Waals surface area contributed by atoms with E-state index in [1.165, 1.54) is 17.8 Å². The zero-order valence-corrected chi connectivity index (χ0v) is 24.4. The molecule has 2 aromatic heterocycles. The molecule has 0 bridgehead atoms. The molecule has 17 heteroatoms. The van der Waals surface area contributed by atoms with Crippen molar-refractivity contribution in [3.8, 4) is 5.75 Å². The van der Waals surface area contributed by atoms with Crippen LogP contribution in [0.5, 0.6) is 5.75 Å². The number of aromatic nitrogens is 4. The number of rotatable bonds is 11. The van der Waals surface area contributed by atoms with Gasteiger partial charge in [-0.1, -0.05) is 41.4 Å². The van der Waals surface area contributed by atoms with Gasteiger partial charge in [-0.2, -0.15) is 15.1 Å². The molecule has 0 amide bonds. The second kappa shape index (κ2) is 12.0. The lowest BCUT2D eigenvalue weighted by Gasteiger charge is -2.25. The minimum Gasteiger partial charge on any atom is -0.462 e. The summed E-state index contributed by atoms with van der Waals surface area (Å²) in [7, 11) is -2.60. The molecule has 218 valence electrons. The summed E-state index contributed by atoms with van der Waals surface area (Å²) in [6, 6.07) is 7.14. The molecule has 0 radical (unpaired) electrons. The summed E-state index contributed by atoms with van der Waals surface area (Å²) in [5.41, 5.74) is 6.45. The van der Waals surface area contributed by atoms with E-state index in [2.05, 4.69) is 25.4 Å². The first kappa shape index (κ1) is 30.3. The van der Waals surface area contributed by atoms with Gasteiger partial charge in [0, 0.05) is 7.05 Å². The molecule has 3 heterocycles. The molecule has 1 fully saturated rings. The molecule has 40 heavy (non-hydrogen) atoms. The van der Waals surface area contributed by atoms with Crippen LogP contribution in [0.25, 0.3) is 11.2 Å². The van der Waals surface area contributed by atoms with E-state index >= 15 is 0 Å². The molecule has 5 N–H and O–H groups in total. The van der Waals surface area contributed by atoms with Crippen molar-refractivity contribution in [2.75, 3.05) is 24.7 Å². The zero-order chi connectivity index (χ0) is 29.2. The number of aliphatic hydroxyl groups excluding tert-OH is 1. The third kappa shape index (κ3) is 6.44. The minimum atomic E-state index is -4.24. The molecular formula is C23H30Cl2N7O7P. The van der Waals surface area contributed by atoms with E-state index < -0.39 is 55.2 Å². The molecule has 4 rings (SSSR count). The number of hydrogen-bond donors (Lipinski definition) is 4. The first-order valence-corrected chi connectivity index (χ1v) is 14.5. The predicted octanol–water partition coefficient (Wildman–Crippen LogP) is 3.02. The Kier molecular flexibility index (Phi) is 9.10. The highest BCUT2D eigenvalue weighted by Gasteiger charge is 2.56. The number of ether oxygens (including phenoxy) is 2. The molecule has 0 aliphatic carbocycles. The van der Waals surface area contributed by atoms with Crippen LogP contribution in [0.3, 0.4) is 0 Å². The van der Waals surface area contributed by atoms with Crippen LogP contribution in [0.1, 0.15) is 27.0 Å². The molecule has 0 spiro atoms. The van der Waals surface area contributed by atoms with Crippen molar-refractivity contribution in [3.05, 3.63) is 36.7 Å². The van der Waals surface area contributed by atoms with E-state index in [9.17, 15) is 14.5 Å². The minimum absolute atomic E-state index is 0.0399. The zero-order valence-electron chi connectivity index (χ0n) is 22.0. The number of benzene rings is 1. The number of nitrogens with two attached hydrogens (primary N) is 1. The van der Waals surface area contributed by atoms with Crippen molar-refractivity contribution in [1.29, 1.82) is 0 Å². The lowest BCUT2D eigenvalue weighted by atomic mass is 10.2. The number of imidazole rings is 1. The maximum absolute atomic E-state index is 13.8. The fourth-order valence-electron chi connectivity index (χ4n) is 3.89. The van der Waals surface area contributed by atoms with Crippen LogP contribution in [-0.4, -0.2) is 72.9 Å². The number of para-hydroxylation sites is 1. The number of anilines is 2. The second-order valence-corrected chi connectivity index (χ2v) is 12.3. The van der Waals surface area contributed by atoms with Gasteiger partial charge in [-0.05, 0) is 32.9 Å². The van der Waals surface area contributed by atoms with Gasteiger partial charge in [-0.3, -0.25) is 13.9 Å². The number of alkyl halides is 2. The fourth-order valence-corrected chi connectivity index (χ4v) is 5.99.